The predicted octanol–water partition coefficient (Wildman–Crippen LogP) is 4.14. The Balaban J connectivity index is 1.89. The highest BCUT2D eigenvalue weighted by molar-refractivity contribution is 5.92. The van der Waals surface area contributed by atoms with Crippen LogP contribution in [0.5, 0.6) is 0 Å². The van der Waals surface area contributed by atoms with Crippen molar-refractivity contribution in [2.45, 2.75) is 0 Å². The molecule has 2 aromatic heterocycles. The lowest BCUT2D eigenvalue weighted by molar-refractivity contribution is 0.421. The van der Waals surface area contributed by atoms with E-state index in [9.17, 15) is 0 Å². The van der Waals surface area contributed by atoms with Gasteiger partial charge in [-0.15, -0.1) is 0 Å². The molecular weight excluding hydrogens is 320 g/mol. The first-order valence-electron chi connectivity index (χ1n) is 8.84. The number of para-hydroxylation sites is 2. The molecule has 0 bridgehead atoms. The molecule has 4 heteroatoms. The van der Waals surface area contributed by atoms with E-state index in [1.807, 2.05) is 18.3 Å². The Morgan fingerprint density at radius 3 is 2.50 bits per heavy atom. The predicted molar refractivity (Wildman–Crippen MR) is 109 cm³/mol. The number of nitrogens with zero attached hydrogens (tertiary/aromatic N) is 4. The molecule has 26 heavy (non-hydrogen) atoms. The van der Waals surface area contributed by atoms with Crippen molar-refractivity contribution in [2.75, 3.05) is 27.2 Å². The summed E-state index contributed by atoms with van der Waals surface area (Å²) in [5.41, 5.74) is 6.38. The summed E-state index contributed by atoms with van der Waals surface area (Å²) < 4.78 is 2.25. The zero-order valence-corrected chi connectivity index (χ0v) is 15.1. The van der Waals surface area contributed by atoms with Crippen LogP contribution in [0.2, 0.25) is 0 Å². The Morgan fingerprint density at radius 2 is 1.69 bits per heavy atom. The molecule has 0 spiro atoms. The Hall–Kier alpha value is -2.98. The lowest BCUT2D eigenvalue weighted by Gasteiger charge is -2.10. The number of hydrogen-bond donors (Lipinski definition) is 0. The second-order valence-electron chi connectivity index (χ2n) is 6.63. The molecular formula is C22H22N4. The fourth-order valence-electron chi connectivity index (χ4n) is 3.16. The van der Waals surface area contributed by atoms with Crippen LogP contribution >= 0.6 is 0 Å². The van der Waals surface area contributed by atoms with Gasteiger partial charge < -0.3 is 9.30 Å². The van der Waals surface area contributed by atoms with Gasteiger partial charge in [-0.25, -0.2) is 4.98 Å². The summed E-state index contributed by atoms with van der Waals surface area (Å²) in [5, 5.41) is 0. The molecule has 0 saturated carbocycles. The van der Waals surface area contributed by atoms with Crippen LogP contribution in [0.15, 0.2) is 71.7 Å². The van der Waals surface area contributed by atoms with Crippen LogP contribution < -0.4 is 0 Å². The molecule has 2 aromatic carbocycles. The van der Waals surface area contributed by atoms with E-state index in [0.717, 1.165) is 46.6 Å². The monoisotopic (exact) mass is 342 g/mol. The largest absolute Gasteiger partial charge is 0.308 e. The van der Waals surface area contributed by atoms with Crippen LogP contribution in [0.3, 0.4) is 0 Å². The molecule has 0 aliphatic heterocycles. The number of hydrogen-bond acceptors (Lipinski definition) is 3. The van der Waals surface area contributed by atoms with E-state index >= 15 is 0 Å². The van der Waals surface area contributed by atoms with Crippen LogP contribution in [0.25, 0.3) is 27.8 Å². The maximum absolute atomic E-state index is 4.93. The minimum atomic E-state index is 0.786. The van der Waals surface area contributed by atoms with Crippen LogP contribution in [0.4, 0.5) is 0 Å². The van der Waals surface area contributed by atoms with Gasteiger partial charge in [-0.05, 0) is 38.4 Å². The third-order valence-corrected chi connectivity index (χ3v) is 4.46. The van der Waals surface area contributed by atoms with Gasteiger partial charge in [0.15, 0.2) is 0 Å². The van der Waals surface area contributed by atoms with Gasteiger partial charge in [0, 0.05) is 18.3 Å². The van der Waals surface area contributed by atoms with Crippen molar-refractivity contribution >= 4 is 22.8 Å². The average Bonchev–Trinajstić information content (AvgIpc) is 3.09. The summed E-state index contributed by atoms with van der Waals surface area (Å²) in [4.78, 5) is 11.7. The zero-order valence-electron chi connectivity index (χ0n) is 15.1. The van der Waals surface area contributed by atoms with E-state index in [4.69, 9.17) is 4.98 Å². The van der Waals surface area contributed by atoms with Crippen molar-refractivity contribution in [3.05, 3.63) is 72.4 Å². The highest BCUT2D eigenvalue weighted by Crippen LogP contribution is 2.28. The standard InChI is InChI=1S/C22H22N4/c1-25(2)15-14-23-16-18-12-13-21-22(17-8-4-3-5-9-17)24-19-10-6-7-11-20(19)26(18)21/h3-13,16H,14-15H2,1-2H3. The smallest absolute Gasteiger partial charge is 0.0950 e. The molecule has 4 aromatic rings. The number of likely N-dealkylation sites (N-methyl/N-ethyl adjacent to an activating group) is 1. The lowest BCUT2D eigenvalue weighted by atomic mass is 10.1. The first-order valence-corrected chi connectivity index (χ1v) is 8.84. The maximum Gasteiger partial charge on any atom is 0.0950 e. The Labute approximate surface area is 153 Å². The van der Waals surface area contributed by atoms with Gasteiger partial charge in [-0.3, -0.25) is 4.99 Å². The van der Waals surface area contributed by atoms with Crippen molar-refractivity contribution in [3.8, 4) is 11.3 Å². The minimum Gasteiger partial charge on any atom is -0.308 e. The van der Waals surface area contributed by atoms with E-state index in [2.05, 4.69) is 83.0 Å². The van der Waals surface area contributed by atoms with Crippen molar-refractivity contribution < 1.29 is 0 Å². The lowest BCUT2D eigenvalue weighted by Crippen LogP contribution is -2.15. The normalized spacial score (nSPS) is 12.0. The summed E-state index contributed by atoms with van der Waals surface area (Å²) in [6, 6.07) is 22.9. The molecule has 0 unspecified atom stereocenters. The molecule has 4 rings (SSSR count). The van der Waals surface area contributed by atoms with Crippen LogP contribution in [-0.4, -0.2) is 47.7 Å². The molecule has 130 valence electrons. The maximum atomic E-state index is 4.93. The van der Waals surface area contributed by atoms with Crippen LogP contribution in [-0.2, 0) is 0 Å². The molecule has 0 N–H and O–H groups in total. The summed E-state index contributed by atoms with van der Waals surface area (Å²) >= 11 is 0. The third-order valence-electron chi connectivity index (χ3n) is 4.46. The Kier molecular flexibility index (Phi) is 4.50. The minimum absolute atomic E-state index is 0.786. The molecule has 0 saturated heterocycles. The zero-order chi connectivity index (χ0) is 17.9. The summed E-state index contributed by atoms with van der Waals surface area (Å²) in [7, 11) is 4.13. The molecule has 0 amide bonds. The van der Waals surface area contributed by atoms with Gasteiger partial charge in [0.25, 0.3) is 0 Å². The van der Waals surface area contributed by atoms with Crippen LogP contribution in [0.1, 0.15) is 5.69 Å². The van der Waals surface area contributed by atoms with E-state index in [1.54, 1.807) is 0 Å². The van der Waals surface area contributed by atoms with Gasteiger partial charge in [0.2, 0.25) is 0 Å². The van der Waals surface area contributed by atoms with Gasteiger partial charge >= 0.3 is 0 Å². The Morgan fingerprint density at radius 1 is 0.923 bits per heavy atom. The topological polar surface area (TPSA) is 32.9 Å². The van der Waals surface area contributed by atoms with Gasteiger partial charge in [0.1, 0.15) is 0 Å². The number of aliphatic imine (C=N–C) groups is 1. The summed E-state index contributed by atoms with van der Waals surface area (Å²) in [5.74, 6) is 0. The second-order valence-corrected chi connectivity index (χ2v) is 6.63. The molecule has 0 fully saturated rings. The van der Waals surface area contributed by atoms with E-state index in [-0.39, 0.29) is 0 Å². The first-order chi connectivity index (χ1) is 12.7. The van der Waals surface area contributed by atoms with Crippen LogP contribution in [0, 0.1) is 0 Å². The number of fused-ring (bicyclic) bond motifs is 3. The number of rotatable bonds is 5. The van der Waals surface area contributed by atoms with Crippen molar-refractivity contribution in [2.24, 2.45) is 4.99 Å². The van der Waals surface area contributed by atoms with Crippen molar-refractivity contribution in [1.29, 1.82) is 0 Å². The Bertz CT molecular complexity index is 1060. The average molecular weight is 342 g/mol. The van der Waals surface area contributed by atoms with E-state index in [0.29, 0.717) is 0 Å². The molecule has 0 atom stereocenters. The summed E-state index contributed by atoms with van der Waals surface area (Å²) in [6.45, 7) is 1.73. The fourth-order valence-corrected chi connectivity index (χ4v) is 3.16. The SMILES string of the molecule is CN(C)CCN=Cc1ccc2c(-c3ccccc3)nc3ccccc3n12. The molecule has 4 nitrogen and oxygen atoms in total. The van der Waals surface area contributed by atoms with E-state index < -0.39 is 0 Å². The van der Waals surface area contributed by atoms with Gasteiger partial charge in [0.05, 0.1) is 34.5 Å². The first kappa shape index (κ1) is 16.5. The number of benzene rings is 2. The van der Waals surface area contributed by atoms with Gasteiger partial charge in [-0.1, -0.05) is 42.5 Å². The highest BCUT2D eigenvalue weighted by Gasteiger charge is 2.12. The third kappa shape index (κ3) is 3.11. The molecule has 0 aliphatic carbocycles. The molecule has 0 aliphatic rings. The van der Waals surface area contributed by atoms with Crippen molar-refractivity contribution in [3.63, 3.8) is 0 Å². The second kappa shape index (κ2) is 7.10. The fraction of sp³-hybridized carbons (Fsp3) is 0.182. The quantitative estimate of drug-likeness (QED) is 0.511. The van der Waals surface area contributed by atoms with Crippen molar-refractivity contribution in [1.82, 2.24) is 14.3 Å². The molecule has 0 radical (unpaired) electrons. The van der Waals surface area contributed by atoms with E-state index in [1.165, 1.54) is 0 Å². The van der Waals surface area contributed by atoms with Gasteiger partial charge in [-0.2, -0.15) is 0 Å². The summed E-state index contributed by atoms with van der Waals surface area (Å²) in [6.07, 6.45) is 1.97. The highest BCUT2D eigenvalue weighted by atomic mass is 15.1. The molecule has 2 heterocycles. The number of aromatic nitrogens is 2.